The zero-order chi connectivity index (χ0) is 18.4. The highest BCUT2D eigenvalue weighted by Crippen LogP contribution is 2.29. The van der Waals surface area contributed by atoms with Crippen molar-refractivity contribution >= 4 is 11.3 Å². The van der Waals surface area contributed by atoms with Gasteiger partial charge in [-0.3, -0.25) is 4.98 Å². The Balaban J connectivity index is 1.81. The Kier molecular flexibility index (Phi) is 6.24. The van der Waals surface area contributed by atoms with Crippen LogP contribution in [-0.4, -0.2) is 18.1 Å². The largest absolute Gasteiger partial charge is 0.339 e. The predicted molar refractivity (Wildman–Crippen MR) is 111 cm³/mol. The van der Waals surface area contributed by atoms with Crippen molar-refractivity contribution in [1.82, 2.24) is 10.3 Å². The number of rotatable bonds is 7. The van der Waals surface area contributed by atoms with Crippen molar-refractivity contribution in [3.05, 3.63) is 78.8 Å². The number of piperidine rings is 1. The first-order chi connectivity index (χ1) is 12.7. The Hall–Kier alpha value is -2.39. The van der Waals surface area contributed by atoms with Crippen molar-refractivity contribution in [3.63, 3.8) is 0 Å². The van der Waals surface area contributed by atoms with Crippen molar-refractivity contribution in [2.75, 3.05) is 18.0 Å². The van der Waals surface area contributed by atoms with Gasteiger partial charge in [-0.25, -0.2) is 0 Å². The maximum absolute atomic E-state index is 4.68. The van der Waals surface area contributed by atoms with Gasteiger partial charge in [0.15, 0.2) is 0 Å². The van der Waals surface area contributed by atoms with Crippen LogP contribution in [0.5, 0.6) is 0 Å². The van der Waals surface area contributed by atoms with Crippen LogP contribution in [0.1, 0.15) is 37.4 Å². The SMILES string of the molecule is C=C(CC)c1ccc(CN(C(=C)C2CCNCC2)c2ccccc2)nc1. The number of nitrogens with zero attached hydrogens (tertiary/aromatic N) is 2. The van der Waals surface area contributed by atoms with E-state index in [9.17, 15) is 0 Å². The number of hydrogen-bond donors (Lipinski definition) is 1. The summed E-state index contributed by atoms with van der Waals surface area (Å²) in [6, 6.07) is 14.8. The quantitative estimate of drug-likeness (QED) is 0.762. The van der Waals surface area contributed by atoms with Gasteiger partial charge in [-0.05, 0) is 61.7 Å². The molecule has 1 N–H and O–H groups in total. The number of hydrogen-bond acceptors (Lipinski definition) is 3. The molecular weight excluding hydrogens is 318 g/mol. The van der Waals surface area contributed by atoms with Crippen LogP contribution < -0.4 is 10.2 Å². The molecule has 3 rings (SSSR count). The highest BCUT2D eigenvalue weighted by atomic mass is 15.2. The van der Waals surface area contributed by atoms with Crippen LogP contribution in [-0.2, 0) is 6.54 Å². The average Bonchev–Trinajstić information content (AvgIpc) is 2.72. The molecule has 2 heterocycles. The van der Waals surface area contributed by atoms with Gasteiger partial charge in [-0.2, -0.15) is 0 Å². The van der Waals surface area contributed by atoms with Gasteiger partial charge in [0.25, 0.3) is 0 Å². The van der Waals surface area contributed by atoms with E-state index in [1.165, 1.54) is 11.4 Å². The average molecular weight is 348 g/mol. The summed E-state index contributed by atoms with van der Waals surface area (Å²) in [4.78, 5) is 7.01. The molecule has 0 aliphatic carbocycles. The molecule has 3 heteroatoms. The first-order valence-electron chi connectivity index (χ1n) is 9.54. The number of pyridine rings is 1. The fourth-order valence-corrected chi connectivity index (χ4v) is 3.44. The number of anilines is 1. The molecule has 0 unspecified atom stereocenters. The van der Waals surface area contributed by atoms with E-state index in [1.807, 2.05) is 6.20 Å². The minimum atomic E-state index is 0.524. The van der Waals surface area contributed by atoms with E-state index in [1.54, 1.807) is 0 Å². The summed E-state index contributed by atoms with van der Waals surface area (Å²) in [7, 11) is 0. The summed E-state index contributed by atoms with van der Waals surface area (Å²) in [5.74, 6) is 0.524. The first kappa shape index (κ1) is 18.4. The van der Waals surface area contributed by atoms with E-state index in [0.29, 0.717) is 5.92 Å². The van der Waals surface area contributed by atoms with Gasteiger partial charge >= 0.3 is 0 Å². The summed E-state index contributed by atoms with van der Waals surface area (Å²) < 4.78 is 0. The van der Waals surface area contributed by atoms with Crippen molar-refractivity contribution in [1.29, 1.82) is 0 Å². The molecule has 1 aliphatic rings. The number of nitrogens with one attached hydrogen (secondary N) is 1. The van der Waals surface area contributed by atoms with Gasteiger partial charge in [0.1, 0.15) is 0 Å². The summed E-state index contributed by atoms with van der Waals surface area (Å²) in [6.07, 6.45) is 5.18. The summed E-state index contributed by atoms with van der Waals surface area (Å²) in [6.45, 7) is 13.6. The van der Waals surface area contributed by atoms with Gasteiger partial charge in [0.2, 0.25) is 0 Å². The normalized spacial score (nSPS) is 14.8. The van der Waals surface area contributed by atoms with E-state index >= 15 is 0 Å². The molecular formula is C23H29N3. The molecule has 0 radical (unpaired) electrons. The second-order valence-corrected chi connectivity index (χ2v) is 6.93. The second kappa shape index (κ2) is 8.81. The van der Waals surface area contributed by atoms with Gasteiger partial charge in [0.05, 0.1) is 12.2 Å². The minimum absolute atomic E-state index is 0.524. The molecule has 1 saturated heterocycles. The van der Waals surface area contributed by atoms with Crippen LogP contribution in [0.15, 0.2) is 67.5 Å². The van der Waals surface area contributed by atoms with E-state index in [4.69, 9.17) is 0 Å². The van der Waals surface area contributed by atoms with Crippen molar-refractivity contribution < 1.29 is 0 Å². The van der Waals surface area contributed by atoms with E-state index in [2.05, 4.69) is 77.7 Å². The Labute approximate surface area is 157 Å². The lowest BCUT2D eigenvalue weighted by Gasteiger charge is -2.34. The number of para-hydroxylation sites is 1. The fraction of sp³-hybridized carbons (Fsp3) is 0.348. The van der Waals surface area contributed by atoms with Crippen LogP contribution in [0.4, 0.5) is 5.69 Å². The monoisotopic (exact) mass is 347 g/mol. The molecule has 1 aliphatic heterocycles. The Morgan fingerprint density at radius 3 is 2.46 bits per heavy atom. The molecule has 0 atom stereocenters. The lowest BCUT2D eigenvalue weighted by molar-refractivity contribution is 0.412. The van der Waals surface area contributed by atoms with E-state index in [0.717, 1.165) is 55.7 Å². The van der Waals surface area contributed by atoms with Crippen molar-refractivity contribution in [3.8, 4) is 0 Å². The van der Waals surface area contributed by atoms with Crippen LogP contribution >= 0.6 is 0 Å². The minimum Gasteiger partial charge on any atom is -0.339 e. The predicted octanol–water partition coefficient (Wildman–Crippen LogP) is 5.02. The number of benzene rings is 1. The van der Waals surface area contributed by atoms with Crippen molar-refractivity contribution in [2.45, 2.75) is 32.7 Å². The first-order valence-corrected chi connectivity index (χ1v) is 9.54. The standard InChI is InChI=1S/C23H29N3/c1-4-18(2)21-10-11-22(25-16-21)17-26(23-8-6-5-7-9-23)19(3)20-12-14-24-15-13-20/h5-11,16,20,24H,2-4,12-15,17H2,1H3. The smallest absolute Gasteiger partial charge is 0.0650 e. The van der Waals surface area contributed by atoms with Crippen LogP contribution in [0, 0.1) is 5.92 Å². The van der Waals surface area contributed by atoms with Crippen molar-refractivity contribution in [2.24, 2.45) is 5.92 Å². The van der Waals surface area contributed by atoms with E-state index in [-0.39, 0.29) is 0 Å². The van der Waals surface area contributed by atoms with Crippen LogP contribution in [0.2, 0.25) is 0 Å². The third-order valence-corrected chi connectivity index (χ3v) is 5.20. The highest BCUT2D eigenvalue weighted by molar-refractivity contribution is 5.62. The van der Waals surface area contributed by atoms with E-state index < -0.39 is 0 Å². The van der Waals surface area contributed by atoms with Gasteiger partial charge in [-0.15, -0.1) is 0 Å². The second-order valence-electron chi connectivity index (χ2n) is 6.93. The Morgan fingerprint density at radius 1 is 1.12 bits per heavy atom. The fourth-order valence-electron chi connectivity index (χ4n) is 3.44. The molecule has 1 aromatic carbocycles. The lowest BCUT2D eigenvalue weighted by atomic mass is 9.94. The third-order valence-electron chi connectivity index (χ3n) is 5.20. The molecule has 0 saturated carbocycles. The molecule has 136 valence electrons. The molecule has 0 spiro atoms. The summed E-state index contributed by atoms with van der Waals surface area (Å²) >= 11 is 0. The molecule has 0 bridgehead atoms. The van der Waals surface area contributed by atoms with Gasteiger partial charge in [0, 0.05) is 23.5 Å². The Bertz CT molecular complexity index is 728. The lowest BCUT2D eigenvalue weighted by Crippen LogP contribution is -2.34. The van der Waals surface area contributed by atoms with Crippen LogP contribution in [0.3, 0.4) is 0 Å². The maximum Gasteiger partial charge on any atom is 0.0650 e. The molecule has 26 heavy (non-hydrogen) atoms. The third kappa shape index (κ3) is 4.41. The number of aromatic nitrogens is 1. The molecule has 3 nitrogen and oxygen atoms in total. The molecule has 0 amide bonds. The molecule has 1 fully saturated rings. The topological polar surface area (TPSA) is 28.2 Å². The molecule has 1 aromatic heterocycles. The van der Waals surface area contributed by atoms with Crippen LogP contribution in [0.25, 0.3) is 5.57 Å². The Morgan fingerprint density at radius 2 is 1.85 bits per heavy atom. The highest BCUT2D eigenvalue weighted by Gasteiger charge is 2.22. The zero-order valence-corrected chi connectivity index (χ0v) is 15.7. The zero-order valence-electron chi connectivity index (χ0n) is 15.7. The summed E-state index contributed by atoms with van der Waals surface area (Å²) in [5, 5.41) is 3.44. The van der Waals surface area contributed by atoms with Gasteiger partial charge < -0.3 is 10.2 Å². The molecule has 2 aromatic rings. The van der Waals surface area contributed by atoms with Gasteiger partial charge in [-0.1, -0.05) is 44.3 Å². The summed E-state index contributed by atoms with van der Waals surface area (Å²) in [5.41, 5.74) is 5.68. The maximum atomic E-state index is 4.68. The number of allylic oxidation sites excluding steroid dienone is 2.